The van der Waals surface area contributed by atoms with Gasteiger partial charge in [-0.15, -0.1) is 11.3 Å². The van der Waals surface area contributed by atoms with Crippen LogP contribution in [0.2, 0.25) is 0 Å². The molecule has 0 saturated carbocycles. The molecule has 0 saturated heterocycles. The molecule has 0 radical (unpaired) electrons. The summed E-state index contributed by atoms with van der Waals surface area (Å²) in [4.78, 5) is 13.7. The normalized spacial score (nSPS) is 10.6. The predicted octanol–water partition coefficient (Wildman–Crippen LogP) is 3.30. The molecule has 1 aromatic heterocycles. The molecule has 0 aliphatic rings. The van der Waals surface area contributed by atoms with Crippen molar-refractivity contribution in [3.63, 3.8) is 0 Å². The maximum absolute atomic E-state index is 11.1. The fourth-order valence-corrected chi connectivity index (χ4v) is 2.84. The third kappa shape index (κ3) is 3.66. The molecule has 2 rings (SSSR count). The molecule has 1 heterocycles. The van der Waals surface area contributed by atoms with Crippen molar-refractivity contribution in [2.75, 3.05) is 0 Å². The first-order valence-corrected chi connectivity index (χ1v) is 7.12. The number of carbonyl (C=O) groups is 1. The van der Waals surface area contributed by atoms with Crippen molar-refractivity contribution in [3.8, 4) is 0 Å². The number of aromatic carboxylic acids is 1. The summed E-state index contributed by atoms with van der Waals surface area (Å²) in [5.41, 5.74) is 1.19. The molecule has 2 N–H and O–H groups in total. The Morgan fingerprint density at radius 2 is 1.89 bits per heavy atom. The standard InChI is InChI=1S/C15H17NO2S/c1-2-12-7-8-13(19-12)10-16-9-11-5-3-4-6-14(11)15(17)18/h3-8,16H,2,9-10H2,1H3,(H,17,18). The van der Waals surface area contributed by atoms with Gasteiger partial charge in [-0.05, 0) is 30.2 Å². The molecule has 3 nitrogen and oxygen atoms in total. The van der Waals surface area contributed by atoms with E-state index < -0.39 is 5.97 Å². The van der Waals surface area contributed by atoms with Crippen LogP contribution in [0.1, 0.15) is 32.6 Å². The zero-order valence-corrected chi connectivity index (χ0v) is 11.7. The van der Waals surface area contributed by atoms with Crippen molar-refractivity contribution in [2.45, 2.75) is 26.4 Å². The molecule has 0 aliphatic heterocycles. The molecule has 4 heteroatoms. The van der Waals surface area contributed by atoms with E-state index in [0.29, 0.717) is 12.1 Å². The quantitative estimate of drug-likeness (QED) is 0.850. The Bertz CT molecular complexity index is 563. The number of nitrogens with one attached hydrogen (secondary N) is 1. The highest BCUT2D eigenvalue weighted by Crippen LogP contribution is 2.17. The van der Waals surface area contributed by atoms with E-state index in [-0.39, 0.29) is 0 Å². The molecule has 0 unspecified atom stereocenters. The third-order valence-electron chi connectivity index (χ3n) is 2.93. The van der Waals surface area contributed by atoms with Crippen LogP contribution in [0.25, 0.3) is 0 Å². The van der Waals surface area contributed by atoms with Crippen molar-refractivity contribution >= 4 is 17.3 Å². The van der Waals surface area contributed by atoms with Crippen LogP contribution < -0.4 is 5.32 Å². The highest BCUT2D eigenvalue weighted by molar-refractivity contribution is 7.11. The Kier molecular flexibility index (Phi) is 4.71. The SMILES string of the molecule is CCc1ccc(CNCc2ccccc2C(=O)O)s1. The van der Waals surface area contributed by atoms with Crippen LogP contribution in [-0.4, -0.2) is 11.1 Å². The first-order chi connectivity index (χ1) is 9.20. The average molecular weight is 275 g/mol. The monoisotopic (exact) mass is 275 g/mol. The highest BCUT2D eigenvalue weighted by Gasteiger charge is 2.08. The number of hydrogen-bond acceptors (Lipinski definition) is 3. The summed E-state index contributed by atoms with van der Waals surface area (Å²) in [7, 11) is 0. The van der Waals surface area contributed by atoms with Crippen LogP contribution in [-0.2, 0) is 19.5 Å². The second-order valence-electron chi connectivity index (χ2n) is 4.29. The Morgan fingerprint density at radius 1 is 1.16 bits per heavy atom. The van der Waals surface area contributed by atoms with Crippen LogP contribution in [0.4, 0.5) is 0 Å². The van der Waals surface area contributed by atoms with Crippen molar-refractivity contribution in [3.05, 3.63) is 57.3 Å². The van der Waals surface area contributed by atoms with E-state index in [2.05, 4.69) is 24.4 Å². The molecule has 0 aliphatic carbocycles. The Hall–Kier alpha value is -1.65. The van der Waals surface area contributed by atoms with E-state index >= 15 is 0 Å². The number of benzene rings is 1. The van der Waals surface area contributed by atoms with E-state index in [1.807, 2.05) is 12.1 Å². The minimum atomic E-state index is -0.873. The maximum atomic E-state index is 11.1. The lowest BCUT2D eigenvalue weighted by Gasteiger charge is -2.06. The minimum absolute atomic E-state index is 0.371. The fourth-order valence-electron chi connectivity index (χ4n) is 1.91. The van der Waals surface area contributed by atoms with Gasteiger partial charge in [0.05, 0.1) is 5.56 Å². The molecule has 2 aromatic rings. The highest BCUT2D eigenvalue weighted by atomic mass is 32.1. The summed E-state index contributed by atoms with van der Waals surface area (Å²) < 4.78 is 0. The minimum Gasteiger partial charge on any atom is -0.478 e. The van der Waals surface area contributed by atoms with Gasteiger partial charge in [-0.1, -0.05) is 25.1 Å². The summed E-state index contributed by atoms with van der Waals surface area (Å²) in [6.45, 7) is 3.49. The first-order valence-electron chi connectivity index (χ1n) is 6.30. The summed E-state index contributed by atoms with van der Waals surface area (Å²) in [6.07, 6.45) is 1.06. The summed E-state index contributed by atoms with van der Waals surface area (Å²) in [6, 6.07) is 11.4. The zero-order valence-electron chi connectivity index (χ0n) is 10.8. The van der Waals surface area contributed by atoms with Crippen LogP contribution in [0.5, 0.6) is 0 Å². The molecular weight excluding hydrogens is 258 g/mol. The number of thiophene rings is 1. The Morgan fingerprint density at radius 3 is 2.58 bits per heavy atom. The molecule has 0 spiro atoms. The van der Waals surface area contributed by atoms with Gasteiger partial charge in [0.25, 0.3) is 0 Å². The molecule has 0 bridgehead atoms. The van der Waals surface area contributed by atoms with Gasteiger partial charge in [-0.3, -0.25) is 0 Å². The summed E-state index contributed by atoms with van der Waals surface area (Å²) in [5.74, 6) is -0.873. The van der Waals surface area contributed by atoms with E-state index in [1.165, 1.54) is 9.75 Å². The van der Waals surface area contributed by atoms with Gasteiger partial charge >= 0.3 is 5.97 Å². The fraction of sp³-hybridized carbons (Fsp3) is 0.267. The number of carboxylic acids is 1. The van der Waals surface area contributed by atoms with Crippen LogP contribution in [0.3, 0.4) is 0 Å². The van der Waals surface area contributed by atoms with Crippen molar-refractivity contribution in [1.29, 1.82) is 0 Å². The van der Waals surface area contributed by atoms with Crippen LogP contribution >= 0.6 is 11.3 Å². The lowest BCUT2D eigenvalue weighted by Crippen LogP contribution is -2.14. The largest absolute Gasteiger partial charge is 0.478 e. The summed E-state index contributed by atoms with van der Waals surface area (Å²) >= 11 is 1.80. The number of aryl methyl sites for hydroxylation is 1. The van der Waals surface area contributed by atoms with Gasteiger partial charge < -0.3 is 10.4 Å². The van der Waals surface area contributed by atoms with E-state index in [4.69, 9.17) is 5.11 Å². The smallest absolute Gasteiger partial charge is 0.336 e. The summed E-state index contributed by atoms with van der Waals surface area (Å²) in [5, 5.41) is 12.4. The molecule has 19 heavy (non-hydrogen) atoms. The first kappa shape index (κ1) is 13.8. The molecule has 1 aromatic carbocycles. The topological polar surface area (TPSA) is 49.3 Å². The molecule has 100 valence electrons. The van der Waals surface area contributed by atoms with Gasteiger partial charge in [-0.25, -0.2) is 4.79 Å². The second-order valence-corrected chi connectivity index (χ2v) is 5.54. The van der Waals surface area contributed by atoms with E-state index in [1.54, 1.807) is 23.5 Å². The molecule has 0 fully saturated rings. The van der Waals surface area contributed by atoms with Gasteiger partial charge in [-0.2, -0.15) is 0 Å². The van der Waals surface area contributed by atoms with Crippen molar-refractivity contribution < 1.29 is 9.90 Å². The Balaban J connectivity index is 1.94. The van der Waals surface area contributed by atoms with E-state index in [9.17, 15) is 4.79 Å². The number of rotatable bonds is 6. The predicted molar refractivity (Wildman–Crippen MR) is 77.6 cm³/mol. The average Bonchev–Trinajstić information content (AvgIpc) is 2.87. The molecular formula is C15H17NO2S. The van der Waals surface area contributed by atoms with Gasteiger partial charge in [0.1, 0.15) is 0 Å². The molecule has 0 atom stereocenters. The number of hydrogen-bond donors (Lipinski definition) is 2. The second kappa shape index (κ2) is 6.50. The van der Waals surface area contributed by atoms with Crippen LogP contribution in [0, 0.1) is 0 Å². The van der Waals surface area contributed by atoms with Crippen LogP contribution in [0.15, 0.2) is 36.4 Å². The number of carboxylic acid groups (broad SMARTS) is 1. The maximum Gasteiger partial charge on any atom is 0.336 e. The third-order valence-corrected chi connectivity index (χ3v) is 4.16. The van der Waals surface area contributed by atoms with Gasteiger partial charge in [0.15, 0.2) is 0 Å². The van der Waals surface area contributed by atoms with Crippen molar-refractivity contribution in [1.82, 2.24) is 5.32 Å². The van der Waals surface area contributed by atoms with Crippen molar-refractivity contribution in [2.24, 2.45) is 0 Å². The van der Waals surface area contributed by atoms with Gasteiger partial charge in [0.2, 0.25) is 0 Å². The zero-order chi connectivity index (χ0) is 13.7. The lowest BCUT2D eigenvalue weighted by molar-refractivity contribution is 0.0695. The van der Waals surface area contributed by atoms with Gasteiger partial charge in [0, 0.05) is 22.8 Å². The lowest BCUT2D eigenvalue weighted by atomic mass is 10.1. The van der Waals surface area contributed by atoms with E-state index in [0.717, 1.165) is 18.5 Å². The Labute approximate surface area is 116 Å². The molecule has 0 amide bonds.